The van der Waals surface area contributed by atoms with Crippen molar-refractivity contribution in [1.29, 1.82) is 0 Å². The highest BCUT2D eigenvalue weighted by Gasteiger charge is 2.62. The highest BCUT2D eigenvalue weighted by atomic mass is 16.6. The number of aliphatic hydroxyl groups is 1. The Bertz CT molecular complexity index is 179. The van der Waals surface area contributed by atoms with E-state index in [0.29, 0.717) is 24.3 Å². The maximum absolute atomic E-state index is 9.46. The van der Waals surface area contributed by atoms with Crippen LogP contribution in [0.1, 0.15) is 12.8 Å². The lowest BCUT2D eigenvalue weighted by Gasteiger charge is -2.36. The highest BCUT2D eigenvalue weighted by molar-refractivity contribution is 5.13. The van der Waals surface area contributed by atoms with E-state index in [1.54, 1.807) is 0 Å². The molecule has 3 saturated heterocycles. The molecule has 3 aliphatic heterocycles. The second-order valence-corrected chi connectivity index (χ2v) is 3.99. The summed E-state index contributed by atoms with van der Waals surface area (Å²) in [6.07, 6.45) is 2.67. The molecule has 0 aromatic heterocycles. The molecule has 3 rings (SSSR count). The van der Waals surface area contributed by atoms with E-state index < -0.39 is 0 Å². The minimum Gasteiger partial charge on any atom is -0.393 e. The van der Waals surface area contributed by atoms with Crippen LogP contribution in [0.25, 0.3) is 0 Å². The molecule has 0 aromatic carbocycles. The van der Waals surface area contributed by atoms with Crippen LogP contribution < -0.4 is 0 Å². The number of fused-ring (bicyclic) bond motifs is 5. The molecule has 0 spiro atoms. The molecule has 3 fully saturated rings. The number of rotatable bonds is 0. The summed E-state index contributed by atoms with van der Waals surface area (Å²) in [5, 5.41) is 9.46. The molecule has 0 aliphatic carbocycles. The van der Waals surface area contributed by atoms with Crippen molar-refractivity contribution in [3.8, 4) is 0 Å². The molecule has 0 amide bonds. The maximum atomic E-state index is 9.46. The summed E-state index contributed by atoms with van der Waals surface area (Å²) >= 11 is 0. The van der Waals surface area contributed by atoms with Crippen molar-refractivity contribution in [3.05, 3.63) is 0 Å². The van der Waals surface area contributed by atoms with E-state index in [4.69, 9.17) is 4.74 Å². The highest BCUT2D eigenvalue weighted by Crippen LogP contribution is 2.47. The van der Waals surface area contributed by atoms with E-state index in [1.165, 1.54) is 0 Å². The van der Waals surface area contributed by atoms with E-state index in [9.17, 15) is 5.11 Å². The smallest absolute Gasteiger partial charge is 0.101 e. The van der Waals surface area contributed by atoms with Gasteiger partial charge in [0, 0.05) is 12.1 Å². The van der Waals surface area contributed by atoms with Gasteiger partial charge in [-0.25, -0.2) is 0 Å². The fourth-order valence-electron chi connectivity index (χ4n) is 2.72. The van der Waals surface area contributed by atoms with Gasteiger partial charge in [-0.1, -0.05) is 0 Å². The van der Waals surface area contributed by atoms with Crippen LogP contribution in [0.2, 0.25) is 0 Å². The van der Waals surface area contributed by atoms with E-state index in [0.717, 1.165) is 12.8 Å². The van der Waals surface area contributed by atoms with Crippen molar-refractivity contribution in [2.75, 3.05) is 7.05 Å². The first-order valence-corrected chi connectivity index (χ1v) is 4.33. The van der Waals surface area contributed by atoms with E-state index in [-0.39, 0.29) is 6.10 Å². The van der Waals surface area contributed by atoms with Crippen LogP contribution in [0.4, 0.5) is 0 Å². The number of likely N-dealkylation sites (N-methyl/N-ethyl adjacent to an activating group) is 1. The molecule has 62 valence electrons. The summed E-state index contributed by atoms with van der Waals surface area (Å²) in [6.45, 7) is 0. The quantitative estimate of drug-likeness (QED) is 0.483. The van der Waals surface area contributed by atoms with Crippen LogP contribution in [0.3, 0.4) is 0 Å². The second kappa shape index (κ2) is 1.79. The Hall–Kier alpha value is -0.120. The van der Waals surface area contributed by atoms with E-state index in [2.05, 4.69) is 11.9 Å². The molecular weight excluding hydrogens is 142 g/mol. The monoisotopic (exact) mass is 155 g/mol. The first-order chi connectivity index (χ1) is 5.27. The molecule has 4 atom stereocenters. The van der Waals surface area contributed by atoms with Crippen LogP contribution >= 0.6 is 0 Å². The predicted molar refractivity (Wildman–Crippen MR) is 39.2 cm³/mol. The zero-order chi connectivity index (χ0) is 7.59. The molecule has 4 unspecified atom stereocenters. The molecular formula is C8H13NO2. The van der Waals surface area contributed by atoms with Crippen LogP contribution in [0.5, 0.6) is 0 Å². The summed E-state index contributed by atoms with van der Waals surface area (Å²) < 4.78 is 5.49. The fraction of sp³-hybridized carbons (Fsp3) is 1.00. The summed E-state index contributed by atoms with van der Waals surface area (Å²) in [5.41, 5.74) is 0. The number of epoxide rings is 1. The number of ether oxygens (including phenoxy) is 1. The third kappa shape index (κ3) is 0.687. The van der Waals surface area contributed by atoms with Gasteiger partial charge in [-0.3, -0.25) is 4.90 Å². The van der Waals surface area contributed by atoms with Gasteiger partial charge in [-0.15, -0.1) is 0 Å². The van der Waals surface area contributed by atoms with E-state index in [1.807, 2.05) is 0 Å². The van der Waals surface area contributed by atoms with Crippen molar-refractivity contribution in [3.63, 3.8) is 0 Å². The van der Waals surface area contributed by atoms with Gasteiger partial charge in [-0.2, -0.15) is 0 Å². The third-order valence-electron chi connectivity index (χ3n) is 3.39. The van der Waals surface area contributed by atoms with Crippen molar-refractivity contribution in [2.45, 2.75) is 43.2 Å². The fourth-order valence-corrected chi connectivity index (χ4v) is 2.72. The average Bonchev–Trinajstić information content (AvgIpc) is 2.66. The third-order valence-corrected chi connectivity index (χ3v) is 3.39. The van der Waals surface area contributed by atoms with Crippen molar-refractivity contribution >= 4 is 0 Å². The average molecular weight is 155 g/mol. The lowest BCUT2D eigenvalue weighted by atomic mass is 10.00. The number of hydrogen-bond donors (Lipinski definition) is 1. The first kappa shape index (κ1) is 6.40. The van der Waals surface area contributed by atoms with Gasteiger partial charge >= 0.3 is 0 Å². The Labute approximate surface area is 65.9 Å². The molecule has 3 heterocycles. The topological polar surface area (TPSA) is 36.0 Å². The number of aliphatic hydroxyl groups excluding tert-OH is 1. The van der Waals surface area contributed by atoms with Crippen LogP contribution in [0, 0.1) is 0 Å². The Morgan fingerprint density at radius 3 is 2.36 bits per heavy atom. The van der Waals surface area contributed by atoms with Crippen LogP contribution in [-0.2, 0) is 4.74 Å². The number of hydrogen-bond acceptors (Lipinski definition) is 3. The molecule has 3 heteroatoms. The minimum atomic E-state index is -0.0717. The maximum Gasteiger partial charge on any atom is 0.101 e. The minimum absolute atomic E-state index is 0.0717. The first-order valence-electron chi connectivity index (χ1n) is 4.33. The van der Waals surface area contributed by atoms with Crippen LogP contribution in [-0.4, -0.2) is 47.4 Å². The lowest BCUT2D eigenvalue weighted by Crippen LogP contribution is -2.46. The zero-order valence-electron chi connectivity index (χ0n) is 6.60. The Balaban J connectivity index is 1.90. The number of piperidine rings is 1. The van der Waals surface area contributed by atoms with Gasteiger partial charge in [0.05, 0.1) is 6.10 Å². The Morgan fingerprint density at radius 2 is 1.82 bits per heavy atom. The van der Waals surface area contributed by atoms with Crippen molar-refractivity contribution < 1.29 is 9.84 Å². The molecule has 0 radical (unpaired) electrons. The van der Waals surface area contributed by atoms with Gasteiger partial charge in [0.25, 0.3) is 0 Å². The summed E-state index contributed by atoms with van der Waals surface area (Å²) in [7, 11) is 2.15. The summed E-state index contributed by atoms with van der Waals surface area (Å²) in [5.74, 6) is 0. The van der Waals surface area contributed by atoms with Crippen LogP contribution in [0.15, 0.2) is 0 Å². The molecule has 3 aliphatic rings. The molecule has 3 nitrogen and oxygen atoms in total. The summed E-state index contributed by atoms with van der Waals surface area (Å²) in [4.78, 5) is 2.38. The van der Waals surface area contributed by atoms with Crippen molar-refractivity contribution in [2.24, 2.45) is 0 Å². The SMILES string of the molecule is CN1C2CC(O)CC1C1OC12. The van der Waals surface area contributed by atoms with Gasteiger partial charge in [0.1, 0.15) is 12.2 Å². The molecule has 0 aromatic rings. The molecule has 2 bridgehead atoms. The standard InChI is InChI=1S/C8H13NO2/c1-9-5-2-4(10)3-6(9)8-7(5)11-8/h4-8,10H,2-3H2,1H3. The van der Waals surface area contributed by atoms with Gasteiger partial charge in [0.15, 0.2) is 0 Å². The number of nitrogens with zero attached hydrogens (tertiary/aromatic N) is 1. The second-order valence-electron chi connectivity index (χ2n) is 3.99. The largest absolute Gasteiger partial charge is 0.393 e. The van der Waals surface area contributed by atoms with Gasteiger partial charge in [-0.05, 0) is 19.9 Å². The van der Waals surface area contributed by atoms with E-state index >= 15 is 0 Å². The van der Waals surface area contributed by atoms with Gasteiger partial charge in [0.2, 0.25) is 0 Å². The number of morpholine rings is 1. The Kier molecular flexibility index (Phi) is 1.04. The van der Waals surface area contributed by atoms with Crippen molar-refractivity contribution in [1.82, 2.24) is 4.90 Å². The lowest BCUT2D eigenvalue weighted by molar-refractivity contribution is 0.00149. The Morgan fingerprint density at radius 1 is 1.27 bits per heavy atom. The normalized spacial score (nSPS) is 61.1. The van der Waals surface area contributed by atoms with Gasteiger partial charge < -0.3 is 9.84 Å². The molecule has 1 N–H and O–H groups in total. The predicted octanol–water partition coefficient (Wildman–Crippen LogP) is -0.409. The molecule has 0 saturated carbocycles. The zero-order valence-corrected chi connectivity index (χ0v) is 6.60. The summed E-state index contributed by atoms with van der Waals surface area (Å²) in [6, 6.07) is 1.02. The molecule has 11 heavy (non-hydrogen) atoms.